The zero-order chi connectivity index (χ0) is 26.0. The largest absolute Gasteiger partial charge is 0.473 e. The van der Waals surface area contributed by atoms with Gasteiger partial charge >= 0.3 is 0 Å². The lowest BCUT2D eigenvalue weighted by molar-refractivity contribution is 0.0958. The van der Waals surface area contributed by atoms with Gasteiger partial charge in [0.25, 0.3) is 5.91 Å². The molecule has 192 valence electrons. The van der Waals surface area contributed by atoms with Crippen molar-refractivity contribution in [3.63, 3.8) is 0 Å². The molecule has 37 heavy (non-hydrogen) atoms. The number of anilines is 5. The van der Waals surface area contributed by atoms with Crippen LogP contribution in [0.2, 0.25) is 0 Å². The highest BCUT2D eigenvalue weighted by molar-refractivity contribution is 5.99. The van der Waals surface area contributed by atoms with Crippen LogP contribution in [0.25, 0.3) is 0 Å². The van der Waals surface area contributed by atoms with E-state index in [4.69, 9.17) is 10.1 Å². The predicted octanol–water partition coefficient (Wildman–Crippen LogP) is 3.44. The number of rotatable bonds is 11. The molecule has 1 amide bonds. The van der Waals surface area contributed by atoms with Crippen LogP contribution in [0, 0.1) is 5.41 Å². The first-order chi connectivity index (χ1) is 18.1. The fraction of sp³-hybridized carbons (Fsp3) is 0.269. The highest BCUT2D eigenvalue weighted by atomic mass is 16.5. The second-order valence-electron chi connectivity index (χ2n) is 8.35. The van der Waals surface area contributed by atoms with Crippen molar-refractivity contribution in [3.8, 4) is 5.88 Å². The van der Waals surface area contributed by atoms with Crippen molar-refractivity contribution < 1.29 is 9.53 Å². The number of benzene rings is 1. The second-order valence-corrected chi connectivity index (χ2v) is 8.35. The van der Waals surface area contributed by atoms with Gasteiger partial charge in [-0.05, 0) is 43.7 Å². The zero-order valence-corrected chi connectivity index (χ0v) is 20.7. The highest BCUT2D eigenvalue weighted by Gasteiger charge is 2.18. The molecular weight excluding hydrogens is 470 g/mol. The van der Waals surface area contributed by atoms with Crippen LogP contribution in [0.4, 0.5) is 29.0 Å². The van der Waals surface area contributed by atoms with E-state index >= 15 is 0 Å². The number of nitrogens with zero attached hydrogens (tertiary/aromatic N) is 3. The first-order valence-electron chi connectivity index (χ1n) is 12.1. The molecule has 0 aliphatic carbocycles. The summed E-state index contributed by atoms with van der Waals surface area (Å²) in [6.07, 6.45) is 6.40. The van der Waals surface area contributed by atoms with E-state index in [2.05, 4.69) is 48.1 Å². The molecule has 1 aliphatic heterocycles. The molecule has 1 aromatic carbocycles. The van der Waals surface area contributed by atoms with Crippen LogP contribution in [-0.2, 0) is 0 Å². The maximum absolute atomic E-state index is 12.8. The quantitative estimate of drug-likeness (QED) is 0.172. The first kappa shape index (κ1) is 25.6. The van der Waals surface area contributed by atoms with Gasteiger partial charge in [-0.15, -0.1) is 6.58 Å². The van der Waals surface area contributed by atoms with Gasteiger partial charge in [-0.3, -0.25) is 4.79 Å². The summed E-state index contributed by atoms with van der Waals surface area (Å²) in [5.74, 6) is 1.18. The molecule has 0 saturated carbocycles. The van der Waals surface area contributed by atoms with Crippen molar-refractivity contribution in [1.82, 2.24) is 25.6 Å². The smallest absolute Gasteiger partial charge is 0.256 e. The minimum Gasteiger partial charge on any atom is -0.473 e. The molecule has 11 nitrogen and oxygen atoms in total. The van der Waals surface area contributed by atoms with Crippen molar-refractivity contribution in [1.29, 1.82) is 5.41 Å². The van der Waals surface area contributed by atoms with Crippen LogP contribution in [-0.4, -0.2) is 59.9 Å². The summed E-state index contributed by atoms with van der Waals surface area (Å²) in [7, 11) is 1.80. The minimum atomic E-state index is -0.348. The average Bonchev–Trinajstić information content (AvgIpc) is 2.92. The molecular formula is C26H31N9O2. The average molecular weight is 502 g/mol. The van der Waals surface area contributed by atoms with Crippen LogP contribution in [0.5, 0.6) is 5.88 Å². The molecule has 1 fully saturated rings. The Balaban J connectivity index is 1.59. The Bertz CT molecular complexity index is 1260. The third-order valence-corrected chi connectivity index (χ3v) is 5.68. The molecule has 1 saturated heterocycles. The normalized spacial score (nSPS) is 14.8. The third kappa shape index (κ3) is 6.79. The van der Waals surface area contributed by atoms with Gasteiger partial charge in [-0.25, -0.2) is 4.98 Å². The Hall–Kier alpha value is -4.51. The van der Waals surface area contributed by atoms with E-state index in [1.165, 1.54) is 12.4 Å². The lowest BCUT2D eigenvalue weighted by Crippen LogP contribution is -2.37. The number of nitrogens with one attached hydrogen (secondary N) is 6. The number of hydrogen-bond acceptors (Lipinski definition) is 10. The lowest BCUT2D eigenvalue weighted by atomic mass is 10.1. The predicted molar refractivity (Wildman–Crippen MR) is 146 cm³/mol. The summed E-state index contributed by atoms with van der Waals surface area (Å²) < 4.78 is 6.04. The Morgan fingerprint density at radius 1 is 1.27 bits per heavy atom. The third-order valence-electron chi connectivity index (χ3n) is 5.68. The molecule has 4 rings (SSSR count). The van der Waals surface area contributed by atoms with E-state index < -0.39 is 0 Å². The summed E-state index contributed by atoms with van der Waals surface area (Å²) in [5.41, 5.74) is 2.49. The number of piperidine rings is 1. The zero-order valence-electron chi connectivity index (χ0n) is 20.7. The monoisotopic (exact) mass is 501 g/mol. The van der Waals surface area contributed by atoms with Crippen LogP contribution < -0.4 is 31.3 Å². The van der Waals surface area contributed by atoms with Crippen molar-refractivity contribution >= 4 is 41.1 Å². The lowest BCUT2D eigenvalue weighted by Gasteiger charge is -2.23. The Kier molecular flexibility index (Phi) is 8.61. The fourth-order valence-electron chi connectivity index (χ4n) is 3.84. The van der Waals surface area contributed by atoms with Gasteiger partial charge < -0.3 is 36.7 Å². The van der Waals surface area contributed by atoms with Crippen LogP contribution in [0.15, 0.2) is 55.3 Å². The van der Waals surface area contributed by atoms with E-state index in [1.807, 2.05) is 24.3 Å². The molecule has 6 N–H and O–H groups in total. The highest BCUT2D eigenvalue weighted by Crippen LogP contribution is 2.24. The fourth-order valence-corrected chi connectivity index (χ4v) is 3.84. The number of ether oxygens (including phenoxy) is 1. The van der Waals surface area contributed by atoms with E-state index in [0.717, 1.165) is 31.6 Å². The number of amides is 1. The summed E-state index contributed by atoms with van der Waals surface area (Å²) in [6.45, 7) is 5.72. The van der Waals surface area contributed by atoms with Crippen molar-refractivity contribution in [2.45, 2.75) is 18.9 Å². The number of carbonyl (C=O) groups is 1. The summed E-state index contributed by atoms with van der Waals surface area (Å²) in [6, 6.07) is 10.9. The minimum absolute atomic E-state index is 0.0618. The maximum atomic E-state index is 12.8. The van der Waals surface area contributed by atoms with Crippen molar-refractivity contribution in [2.24, 2.45) is 0 Å². The molecule has 0 spiro atoms. The van der Waals surface area contributed by atoms with Crippen LogP contribution >= 0.6 is 0 Å². The van der Waals surface area contributed by atoms with Gasteiger partial charge in [0, 0.05) is 55.6 Å². The topological polar surface area (TPSA) is 149 Å². The Morgan fingerprint density at radius 3 is 2.92 bits per heavy atom. The molecule has 1 atom stereocenters. The van der Waals surface area contributed by atoms with Gasteiger partial charge in [0.2, 0.25) is 11.8 Å². The van der Waals surface area contributed by atoms with Crippen LogP contribution in [0.1, 0.15) is 28.8 Å². The number of carbonyl (C=O) groups excluding carboxylic acids is 1. The Morgan fingerprint density at radius 2 is 2.16 bits per heavy atom. The van der Waals surface area contributed by atoms with Gasteiger partial charge in [0.05, 0.1) is 0 Å². The maximum Gasteiger partial charge on any atom is 0.256 e. The SMILES string of the molecule is C=CCNC(=O)c1cnc(Nc2ccc(NC)c(C=N)c2)nc1Nc1cccc(OC2CCCNC2)n1. The van der Waals surface area contributed by atoms with E-state index in [0.29, 0.717) is 29.5 Å². The van der Waals surface area contributed by atoms with Crippen molar-refractivity contribution in [2.75, 3.05) is 42.6 Å². The summed E-state index contributed by atoms with van der Waals surface area (Å²) in [4.78, 5) is 26.2. The molecule has 1 unspecified atom stereocenters. The summed E-state index contributed by atoms with van der Waals surface area (Å²) >= 11 is 0. The number of pyridine rings is 1. The molecule has 0 bridgehead atoms. The standard InChI is InChI=1S/C26H31N9O2/c1-3-11-30-25(36)20-16-31-26(32-18-9-10-21(28-2)17(13-18)14-27)35-24(20)34-22-7-4-8-23(33-22)37-19-6-5-12-29-15-19/h3-4,7-10,13-14,16,19,27-29H,1,5-6,11-12,15H2,2H3,(H,30,36)(H2,31,32,33,34,35). The molecule has 3 heterocycles. The van der Waals surface area contributed by atoms with Gasteiger partial charge in [0.1, 0.15) is 23.3 Å². The molecule has 11 heteroatoms. The van der Waals surface area contributed by atoms with Crippen LogP contribution in [0.3, 0.4) is 0 Å². The van der Waals surface area contributed by atoms with E-state index in [9.17, 15) is 4.79 Å². The van der Waals surface area contributed by atoms with Gasteiger partial charge in [0.15, 0.2) is 0 Å². The molecule has 3 aromatic rings. The van der Waals surface area contributed by atoms with Gasteiger partial charge in [-0.2, -0.15) is 9.97 Å². The van der Waals surface area contributed by atoms with E-state index in [1.54, 1.807) is 25.3 Å². The summed E-state index contributed by atoms with van der Waals surface area (Å²) in [5, 5.41) is 23.1. The number of aromatic nitrogens is 3. The number of hydrogen-bond donors (Lipinski definition) is 6. The molecule has 0 radical (unpaired) electrons. The second kappa shape index (κ2) is 12.5. The van der Waals surface area contributed by atoms with E-state index in [-0.39, 0.29) is 29.3 Å². The first-order valence-corrected chi connectivity index (χ1v) is 12.1. The molecule has 2 aromatic heterocycles. The molecule has 1 aliphatic rings. The Labute approximate surface area is 215 Å². The van der Waals surface area contributed by atoms with Crippen molar-refractivity contribution in [3.05, 3.63) is 66.4 Å². The van der Waals surface area contributed by atoms with Gasteiger partial charge in [-0.1, -0.05) is 12.1 Å².